The molecule has 1 aliphatic rings. The van der Waals surface area contributed by atoms with E-state index in [4.69, 9.17) is 0 Å². The van der Waals surface area contributed by atoms with E-state index in [0.29, 0.717) is 18.4 Å². The number of nitrogens with one attached hydrogen (secondary N) is 1. The van der Waals surface area contributed by atoms with Gasteiger partial charge in [-0.05, 0) is 37.5 Å². The van der Waals surface area contributed by atoms with E-state index in [9.17, 15) is 22.8 Å². The van der Waals surface area contributed by atoms with Gasteiger partial charge in [-0.15, -0.1) is 0 Å². The Morgan fingerprint density at radius 2 is 2.12 bits per heavy atom. The van der Waals surface area contributed by atoms with Gasteiger partial charge in [0.25, 0.3) is 5.56 Å². The van der Waals surface area contributed by atoms with Crippen molar-refractivity contribution in [1.82, 2.24) is 9.97 Å². The topological polar surface area (TPSA) is 75.3 Å². The van der Waals surface area contributed by atoms with Crippen molar-refractivity contribution in [3.05, 3.63) is 34.1 Å². The third kappa shape index (κ3) is 3.31. The molecule has 2 aromatic rings. The standard InChI is InChI=1S/C16H16F3N3O3/c1-25-15(24)9-5-6-10-11(8-9)20-13(14(23)21-10)22-7-3-2-4-12(22)16(17,18)19/h5-6,8,12H,2-4,7H2,1H3,(H,21,23)/t12-/m1/s1. The molecule has 1 N–H and O–H groups in total. The summed E-state index contributed by atoms with van der Waals surface area (Å²) in [6, 6.07) is 2.56. The van der Waals surface area contributed by atoms with Gasteiger partial charge < -0.3 is 14.6 Å². The summed E-state index contributed by atoms with van der Waals surface area (Å²) in [4.78, 5) is 31.5. The first-order chi connectivity index (χ1) is 11.8. The smallest absolute Gasteiger partial charge is 0.408 e. The van der Waals surface area contributed by atoms with Crippen LogP contribution in [0.1, 0.15) is 29.6 Å². The van der Waals surface area contributed by atoms with Crippen molar-refractivity contribution in [1.29, 1.82) is 0 Å². The minimum Gasteiger partial charge on any atom is -0.465 e. The molecule has 134 valence electrons. The fourth-order valence-electron chi connectivity index (χ4n) is 3.04. The van der Waals surface area contributed by atoms with Crippen molar-refractivity contribution in [2.24, 2.45) is 0 Å². The molecule has 1 saturated heterocycles. The second kappa shape index (κ2) is 6.38. The van der Waals surface area contributed by atoms with E-state index in [2.05, 4.69) is 14.7 Å². The van der Waals surface area contributed by atoms with Gasteiger partial charge in [-0.2, -0.15) is 13.2 Å². The first-order valence-electron chi connectivity index (χ1n) is 7.77. The Morgan fingerprint density at radius 3 is 2.80 bits per heavy atom. The zero-order chi connectivity index (χ0) is 18.2. The van der Waals surface area contributed by atoms with Crippen molar-refractivity contribution in [2.45, 2.75) is 31.5 Å². The fourth-order valence-corrected chi connectivity index (χ4v) is 3.04. The molecule has 1 aromatic carbocycles. The number of carbonyl (C=O) groups is 1. The molecule has 25 heavy (non-hydrogen) atoms. The normalized spacial score (nSPS) is 18.4. The van der Waals surface area contributed by atoms with E-state index in [1.807, 2.05) is 0 Å². The molecule has 3 rings (SSSR count). The Kier molecular flexibility index (Phi) is 4.40. The number of esters is 1. The van der Waals surface area contributed by atoms with Crippen LogP contribution >= 0.6 is 0 Å². The maximum absolute atomic E-state index is 13.3. The molecule has 1 aliphatic heterocycles. The average molecular weight is 355 g/mol. The Hall–Kier alpha value is -2.58. The molecule has 9 heteroatoms. The van der Waals surface area contributed by atoms with Crippen molar-refractivity contribution in [2.75, 3.05) is 18.6 Å². The number of nitrogens with zero attached hydrogens (tertiary/aromatic N) is 2. The van der Waals surface area contributed by atoms with Crippen molar-refractivity contribution in [3.8, 4) is 0 Å². The molecule has 0 unspecified atom stereocenters. The maximum atomic E-state index is 13.3. The first kappa shape index (κ1) is 17.2. The highest BCUT2D eigenvalue weighted by Gasteiger charge is 2.45. The Labute approximate surface area is 140 Å². The lowest BCUT2D eigenvalue weighted by molar-refractivity contribution is -0.152. The number of hydrogen-bond acceptors (Lipinski definition) is 5. The van der Waals surface area contributed by atoms with Gasteiger partial charge in [0.15, 0.2) is 5.82 Å². The lowest BCUT2D eigenvalue weighted by atomic mass is 10.0. The monoisotopic (exact) mass is 355 g/mol. The largest absolute Gasteiger partial charge is 0.465 e. The zero-order valence-corrected chi connectivity index (χ0v) is 13.4. The number of fused-ring (bicyclic) bond motifs is 1. The van der Waals surface area contributed by atoms with E-state index in [1.165, 1.54) is 25.3 Å². The Bertz CT molecular complexity index is 863. The van der Waals surface area contributed by atoms with Crippen LogP contribution in [0.5, 0.6) is 0 Å². The molecule has 0 bridgehead atoms. The summed E-state index contributed by atoms with van der Waals surface area (Å²) in [5.74, 6) is -0.876. The van der Waals surface area contributed by atoms with Crippen LogP contribution in [-0.2, 0) is 4.74 Å². The summed E-state index contributed by atoms with van der Waals surface area (Å²) in [5, 5.41) is 0. The van der Waals surface area contributed by atoms with Crippen molar-refractivity contribution < 1.29 is 22.7 Å². The first-order valence-corrected chi connectivity index (χ1v) is 7.77. The number of halogens is 3. The van der Waals surface area contributed by atoms with Gasteiger partial charge in [-0.25, -0.2) is 9.78 Å². The molecule has 1 aromatic heterocycles. The number of benzene rings is 1. The molecule has 6 nitrogen and oxygen atoms in total. The molecule has 0 amide bonds. The summed E-state index contributed by atoms with van der Waals surface area (Å²) >= 11 is 0. The molecule has 0 spiro atoms. The van der Waals surface area contributed by atoms with Crippen LogP contribution in [0.4, 0.5) is 19.0 Å². The van der Waals surface area contributed by atoms with Crippen molar-refractivity contribution in [3.63, 3.8) is 0 Å². The molecule has 0 radical (unpaired) electrons. The minimum atomic E-state index is -4.45. The van der Waals surface area contributed by atoms with Crippen LogP contribution in [-0.4, -0.2) is 41.8 Å². The van der Waals surface area contributed by atoms with Gasteiger partial charge in [0, 0.05) is 6.54 Å². The van der Waals surface area contributed by atoms with Gasteiger partial charge in [0.2, 0.25) is 0 Å². The summed E-state index contributed by atoms with van der Waals surface area (Å²) in [7, 11) is 1.22. The van der Waals surface area contributed by atoms with Crippen LogP contribution < -0.4 is 10.5 Å². The zero-order valence-electron chi connectivity index (χ0n) is 13.4. The number of carbonyl (C=O) groups excluding carboxylic acids is 1. The van der Waals surface area contributed by atoms with Crippen LogP contribution in [0.3, 0.4) is 0 Å². The lowest BCUT2D eigenvalue weighted by Crippen LogP contribution is -2.50. The number of ether oxygens (including phenoxy) is 1. The number of methoxy groups -OCH3 is 1. The second-order valence-electron chi connectivity index (χ2n) is 5.86. The van der Waals surface area contributed by atoms with E-state index < -0.39 is 23.7 Å². The number of H-pyrrole nitrogens is 1. The molecule has 0 saturated carbocycles. The highest BCUT2D eigenvalue weighted by atomic mass is 19.4. The van der Waals surface area contributed by atoms with Gasteiger partial charge in [0.1, 0.15) is 6.04 Å². The highest BCUT2D eigenvalue weighted by molar-refractivity contribution is 5.93. The predicted octanol–water partition coefficient (Wildman–Crippen LogP) is 2.63. The number of aromatic nitrogens is 2. The molecule has 2 heterocycles. The summed E-state index contributed by atoms with van der Waals surface area (Å²) in [6.45, 7) is 0.0997. The average Bonchev–Trinajstić information content (AvgIpc) is 2.59. The quantitative estimate of drug-likeness (QED) is 0.838. The van der Waals surface area contributed by atoms with Crippen LogP contribution in [0, 0.1) is 0 Å². The van der Waals surface area contributed by atoms with E-state index in [0.717, 1.165) is 4.90 Å². The van der Waals surface area contributed by atoms with Crippen LogP contribution in [0.25, 0.3) is 11.0 Å². The van der Waals surface area contributed by atoms with E-state index >= 15 is 0 Å². The third-order valence-electron chi connectivity index (χ3n) is 4.25. The van der Waals surface area contributed by atoms with Crippen LogP contribution in [0.15, 0.2) is 23.0 Å². The Morgan fingerprint density at radius 1 is 1.36 bits per heavy atom. The molecule has 1 fully saturated rings. The van der Waals surface area contributed by atoms with Crippen LogP contribution in [0.2, 0.25) is 0 Å². The molecular weight excluding hydrogens is 339 g/mol. The Balaban J connectivity index is 2.09. The number of hydrogen-bond donors (Lipinski definition) is 1. The number of alkyl halides is 3. The van der Waals surface area contributed by atoms with E-state index in [1.54, 1.807) is 0 Å². The van der Waals surface area contributed by atoms with Gasteiger partial charge >= 0.3 is 12.1 Å². The molecular formula is C16H16F3N3O3. The highest BCUT2D eigenvalue weighted by Crippen LogP contribution is 2.33. The third-order valence-corrected chi connectivity index (χ3v) is 4.25. The minimum absolute atomic E-state index is 0.0785. The summed E-state index contributed by atoms with van der Waals surface area (Å²) in [5.41, 5.74) is 0.0759. The second-order valence-corrected chi connectivity index (χ2v) is 5.86. The predicted molar refractivity (Wildman–Crippen MR) is 84.7 cm³/mol. The number of piperidine rings is 1. The number of anilines is 1. The summed E-state index contributed by atoms with van der Waals surface area (Å²) in [6.07, 6.45) is -3.53. The molecule has 0 aliphatic carbocycles. The fraction of sp³-hybridized carbons (Fsp3) is 0.438. The van der Waals surface area contributed by atoms with E-state index in [-0.39, 0.29) is 29.9 Å². The SMILES string of the molecule is COC(=O)c1ccc2[nH]c(=O)c(N3CCCC[C@@H]3C(F)(F)F)nc2c1. The van der Waals surface area contributed by atoms with Gasteiger partial charge in [0.05, 0.1) is 23.7 Å². The summed E-state index contributed by atoms with van der Waals surface area (Å²) < 4.78 is 44.5. The lowest BCUT2D eigenvalue weighted by Gasteiger charge is -2.37. The van der Waals surface area contributed by atoms with Gasteiger partial charge in [-0.3, -0.25) is 4.79 Å². The van der Waals surface area contributed by atoms with Crippen molar-refractivity contribution >= 4 is 22.8 Å². The number of rotatable bonds is 2. The molecule has 1 atom stereocenters. The van der Waals surface area contributed by atoms with Gasteiger partial charge in [-0.1, -0.05) is 0 Å². The number of aromatic amines is 1. The maximum Gasteiger partial charge on any atom is 0.408 e.